The molecule has 1 aromatic heterocycles. The monoisotopic (exact) mass is 304 g/mol. The van der Waals surface area contributed by atoms with E-state index in [2.05, 4.69) is 30.6 Å². The molecule has 0 amide bonds. The first-order chi connectivity index (χ1) is 7.61. The lowest BCUT2D eigenvalue weighted by atomic mass is 10.2. The number of aliphatic imine (C=N–C) groups is 1. The number of methoxy groups -OCH3 is 1. The first kappa shape index (κ1) is 11.5. The van der Waals surface area contributed by atoms with Crippen molar-refractivity contribution in [1.29, 1.82) is 0 Å². The van der Waals surface area contributed by atoms with Gasteiger partial charge in [-0.05, 0) is 15.9 Å². The zero-order valence-electron chi connectivity index (χ0n) is 8.64. The number of ether oxygens (including phenoxy) is 2. The van der Waals surface area contributed by atoms with Gasteiger partial charge in [-0.1, -0.05) is 0 Å². The van der Waals surface area contributed by atoms with Crippen LogP contribution in [0.1, 0.15) is 18.0 Å². The van der Waals surface area contributed by atoms with Crippen LogP contribution < -0.4 is 0 Å². The molecular weight excluding hydrogens is 296 g/mol. The van der Waals surface area contributed by atoms with E-state index in [0.29, 0.717) is 10.9 Å². The summed E-state index contributed by atoms with van der Waals surface area (Å²) in [4.78, 5) is 19.8. The summed E-state index contributed by atoms with van der Waals surface area (Å²) in [5.74, 6) is 0.0693. The largest absolute Gasteiger partial charge is 0.468 e. The summed E-state index contributed by atoms with van der Waals surface area (Å²) in [6.07, 6.45) is -0.469. The molecule has 0 aromatic carbocycles. The van der Waals surface area contributed by atoms with Gasteiger partial charge in [0.25, 0.3) is 0 Å². The van der Waals surface area contributed by atoms with E-state index in [4.69, 9.17) is 4.74 Å². The standard InChI is InChI=1S/C9H9BrN2O3S/c1-4-11-6(9(13)14-2)7(15-4)8-12-5(10)3-16-8/h3,6-7H,1-2H3. The highest BCUT2D eigenvalue weighted by Gasteiger charge is 2.39. The quantitative estimate of drug-likeness (QED) is 0.783. The predicted octanol–water partition coefficient (Wildman–Crippen LogP) is 1.94. The van der Waals surface area contributed by atoms with E-state index in [9.17, 15) is 4.79 Å². The van der Waals surface area contributed by atoms with E-state index in [-0.39, 0.29) is 0 Å². The molecule has 0 saturated heterocycles. The van der Waals surface area contributed by atoms with Crippen LogP contribution in [-0.2, 0) is 14.3 Å². The van der Waals surface area contributed by atoms with E-state index in [1.807, 2.05) is 5.38 Å². The van der Waals surface area contributed by atoms with Crippen molar-refractivity contribution in [2.75, 3.05) is 7.11 Å². The van der Waals surface area contributed by atoms with Crippen molar-refractivity contribution in [1.82, 2.24) is 4.98 Å². The summed E-state index contributed by atoms with van der Waals surface area (Å²) in [5, 5.41) is 2.55. The minimum absolute atomic E-state index is 0.409. The predicted molar refractivity (Wildman–Crippen MR) is 62.6 cm³/mol. The van der Waals surface area contributed by atoms with E-state index < -0.39 is 18.1 Å². The van der Waals surface area contributed by atoms with Crippen molar-refractivity contribution >= 4 is 39.1 Å². The molecular formula is C9H9BrN2O3S. The maximum absolute atomic E-state index is 11.5. The van der Waals surface area contributed by atoms with Crippen molar-refractivity contribution in [2.24, 2.45) is 4.99 Å². The van der Waals surface area contributed by atoms with Crippen LogP contribution in [0.15, 0.2) is 15.0 Å². The summed E-state index contributed by atoms with van der Waals surface area (Å²) in [6, 6.07) is -0.650. The van der Waals surface area contributed by atoms with Crippen LogP contribution >= 0.6 is 27.3 Å². The maximum atomic E-state index is 11.5. The molecule has 2 atom stereocenters. The zero-order valence-corrected chi connectivity index (χ0v) is 11.0. The fourth-order valence-corrected chi connectivity index (χ4v) is 2.74. The minimum atomic E-state index is -0.650. The number of halogens is 1. The van der Waals surface area contributed by atoms with Gasteiger partial charge in [-0.25, -0.2) is 14.8 Å². The number of thiazole rings is 1. The Morgan fingerprint density at radius 3 is 3.00 bits per heavy atom. The molecule has 0 spiro atoms. The SMILES string of the molecule is COC(=O)C1N=C(C)OC1c1nc(Br)cs1. The van der Waals surface area contributed by atoms with Crippen LogP contribution in [0.4, 0.5) is 0 Å². The molecule has 0 aliphatic carbocycles. The molecule has 0 saturated carbocycles. The molecule has 86 valence electrons. The minimum Gasteiger partial charge on any atom is -0.468 e. The fraction of sp³-hybridized carbons (Fsp3) is 0.444. The molecule has 2 heterocycles. The van der Waals surface area contributed by atoms with Crippen LogP contribution in [0.3, 0.4) is 0 Å². The lowest BCUT2D eigenvalue weighted by Crippen LogP contribution is -2.25. The summed E-state index contributed by atoms with van der Waals surface area (Å²) in [6.45, 7) is 1.71. The van der Waals surface area contributed by atoms with Crippen LogP contribution in [0.5, 0.6) is 0 Å². The molecule has 0 radical (unpaired) electrons. The third-order valence-corrected chi connectivity index (χ3v) is 3.70. The molecule has 1 aliphatic rings. The average molecular weight is 305 g/mol. The molecule has 5 nitrogen and oxygen atoms in total. The van der Waals surface area contributed by atoms with Gasteiger partial charge in [0.1, 0.15) is 9.61 Å². The molecule has 0 N–H and O–H groups in total. The summed E-state index contributed by atoms with van der Waals surface area (Å²) in [7, 11) is 1.33. The van der Waals surface area contributed by atoms with Crippen molar-refractivity contribution < 1.29 is 14.3 Å². The second kappa shape index (κ2) is 4.50. The normalized spacial score (nSPS) is 23.8. The average Bonchev–Trinajstić information content (AvgIpc) is 2.83. The lowest BCUT2D eigenvalue weighted by Gasteiger charge is -2.12. The fourth-order valence-electron chi connectivity index (χ4n) is 1.42. The number of hydrogen-bond donors (Lipinski definition) is 0. The second-order valence-electron chi connectivity index (χ2n) is 3.16. The number of aromatic nitrogens is 1. The molecule has 1 aliphatic heterocycles. The molecule has 16 heavy (non-hydrogen) atoms. The first-order valence-electron chi connectivity index (χ1n) is 4.51. The first-order valence-corrected chi connectivity index (χ1v) is 6.19. The Morgan fingerprint density at radius 2 is 2.44 bits per heavy atom. The molecule has 0 fully saturated rings. The third-order valence-electron chi connectivity index (χ3n) is 2.09. The van der Waals surface area contributed by atoms with Gasteiger partial charge in [0, 0.05) is 12.3 Å². The number of carbonyl (C=O) groups excluding carboxylic acids is 1. The van der Waals surface area contributed by atoms with Crippen molar-refractivity contribution in [3.8, 4) is 0 Å². The van der Waals surface area contributed by atoms with Gasteiger partial charge in [-0.2, -0.15) is 0 Å². The number of rotatable bonds is 2. The highest BCUT2D eigenvalue weighted by molar-refractivity contribution is 9.10. The van der Waals surface area contributed by atoms with Crippen molar-refractivity contribution in [3.63, 3.8) is 0 Å². The molecule has 2 rings (SSSR count). The van der Waals surface area contributed by atoms with Crippen LogP contribution in [0.25, 0.3) is 0 Å². The second-order valence-corrected chi connectivity index (χ2v) is 4.87. The summed E-state index contributed by atoms with van der Waals surface area (Å²) in [5.41, 5.74) is 0. The smallest absolute Gasteiger partial charge is 0.335 e. The Balaban J connectivity index is 2.25. The molecule has 7 heteroatoms. The number of carbonyl (C=O) groups is 1. The van der Waals surface area contributed by atoms with Gasteiger partial charge < -0.3 is 9.47 Å². The van der Waals surface area contributed by atoms with E-state index in [1.54, 1.807) is 6.92 Å². The van der Waals surface area contributed by atoms with Crippen molar-refractivity contribution in [2.45, 2.75) is 19.1 Å². The number of hydrogen-bond acceptors (Lipinski definition) is 6. The zero-order chi connectivity index (χ0) is 11.7. The van der Waals surface area contributed by atoms with E-state index >= 15 is 0 Å². The third kappa shape index (κ3) is 2.10. The van der Waals surface area contributed by atoms with Crippen LogP contribution in [-0.4, -0.2) is 30.0 Å². The van der Waals surface area contributed by atoms with Crippen LogP contribution in [0, 0.1) is 0 Å². The van der Waals surface area contributed by atoms with Gasteiger partial charge in [0.05, 0.1) is 7.11 Å². The van der Waals surface area contributed by atoms with Crippen molar-refractivity contribution in [3.05, 3.63) is 15.0 Å². The molecule has 2 unspecified atom stereocenters. The Labute approximate surface area is 105 Å². The summed E-state index contributed by atoms with van der Waals surface area (Å²) < 4.78 is 10.9. The number of nitrogens with zero attached hydrogens (tertiary/aromatic N) is 2. The van der Waals surface area contributed by atoms with Gasteiger partial charge >= 0.3 is 5.97 Å². The van der Waals surface area contributed by atoms with E-state index in [0.717, 1.165) is 4.60 Å². The Morgan fingerprint density at radius 1 is 1.69 bits per heavy atom. The van der Waals surface area contributed by atoms with Gasteiger partial charge in [0.2, 0.25) is 0 Å². The Bertz CT molecular complexity index is 446. The van der Waals surface area contributed by atoms with Gasteiger partial charge in [0.15, 0.2) is 18.0 Å². The maximum Gasteiger partial charge on any atom is 0.335 e. The Hall–Kier alpha value is -0.950. The highest BCUT2D eigenvalue weighted by atomic mass is 79.9. The number of esters is 1. The van der Waals surface area contributed by atoms with E-state index in [1.165, 1.54) is 18.4 Å². The van der Waals surface area contributed by atoms with Gasteiger partial charge in [-0.3, -0.25) is 0 Å². The lowest BCUT2D eigenvalue weighted by molar-refractivity contribution is -0.143. The topological polar surface area (TPSA) is 60.8 Å². The van der Waals surface area contributed by atoms with Crippen LogP contribution in [0.2, 0.25) is 0 Å². The molecule has 1 aromatic rings. The Kier molecular flexibility index (Phi) is 3.25. The molecule has 0 bridgehead atoms. The highest BCUT2D eigenvalue weighted by Crippen LogP contribution is 2.32. The van der Waals surface area contributed by atoms with Gasteiger partial charge in [-0.15, -0.1) is 11.3 Å². The summed E-state index contributed by atoms with van der Waals surface area (Å²) >= 11 is 4.67.